The number of nitrogens with one attached hydrogen (secondary N) is 1. The first-order chi connectivity index (χ1) is 10.8. The summed E-state index contributed by atoms with van der Waals surface area (Å²) in [5, 5.41) is 14.5. The number of anilines is 1. The Morgan fingerprint density at radius 2 is 1.96 bits per heavy atom. The second-order valence-electron chi connectivity index (χ2n) is 4.63. The van der Waals surface area contributed by atoms with Crippen LogP contribution in [0.25, 0.3) is 0 Å². The van der Waals surface area contributed by atoms with Gasteiger partial charge in [-0.1, -0.05) is 12.1 Å². The number of nitrogens with zero attached hydrogens (tertiary/aromatic N) is 2. The molecule has 1 amide bonds. The molecule has 0 fully saturated rings. The fourth-order valence-electron chi connectivity index (χ4n) is 1.85. The van der Waals surface area contributed by atoms with Crippen LogP contribution in [0.4, 0.5) is 18.9 Å². The first-order valence-corrected chi connectivity index (χ1v) is 6.49. The average Bonchev–Trinajstić information content (AvgIpc) is 2.93. The van der Waals surface area contributed by atoms with Gasteiger partial charge in [-0.3, -0.25) is 14.3 Å². The second kappa shape index (κ2) is 6.51. The van der Waals surface area contributed by atoms with E-state index in [0.717, 1.165) is 18.3 Å². The van der Waals surface area contributed by atoms with Gasteiger partial charge in [0.05, 0.1) is 36.0 Å². The van der Waals surface area contributed by atoms with Crippen LogP contribution in [-0.2, 0) is 17.5 Å². The van der Waals surface area contributed by atoms with Gasteiger partial charge in [-0.05, 0) is 12.1 Å². The van der Waals surface area contributed by atoms with Gasteiger partial charge in [0.15, 0.2) is 0 Å². The number of para-hydroxylation sites is 1. The first-order valence-electron chi connectivity index (χ1n) is 6.49. The normalized spacial score (nSPS) is 11.3. The van der Waals surface area contributed by atoms with E-state index in [1.807, 2.05) is 0 Å². The number of carboxylic acid groups (broad SMARTS) is 1. The number of benzene rings is 1. The number of hydrogen-bond acceptors (Lipinski definition) is 3. The highest BCUT2D eigenvalue weighted by Gasteiger charge is 2.33. The number of aromatic nitrogens is 2. The van der Waals surface area contributed by atoms with Crippen LogP contribution in [0.1, 0.15) is 22.3 Å². The molecule has 6 nitrogen and oxygen atoms in total. The van der Waals surface area contributed by atoms with Gasteiger partial charge in [0.25, 0.3) is 5.91 Å². The van der Waals surface area contributed by atoms with E-state index in [2.05, 4.69) is 10.4 Å². The largest absolute Gasteiger partial charge is 0.481 e. The first kappa shape index (κ1) is 16.5. The van der Waals surface area contributed by atoms with Crippen molar-refractivity contribution in [1.82, 2.24) is 9.78 Å². The highest BCUT2D eigenvalue weighted by atomic mass is 19.4. The molecule has 2 aromatic rings. The molecule has 1 aromatic carbocycles. The molecule has 0 saturated heterocycles. The van der Waals surface area contributed by atoms with Gasteiger partial charge in [0, 0.05) is 6.20 Å². The van der Waals surface area contributed by atoms with Crippen molar-refractivity contribution in [3.63, 3.8) is 0 Å². The molecule has 0 saturated carbocycles. The number of amides is 1. The van der Waals surface area contributed by atoms with E-state index >= 15 is 0 Å². The Hall–Kier alpha value is -2.84. The summed E-state index contributed by atoms with van der Waals surface area (Å²) in [5.41, 5.74) is -1.28. The predicted molar refractivity (Wildman–Crippen MR) is 73.9 cm³/mol. The average molecular weight is 327 g/mol. The Morgan fingerprint density at radius 1 is 1.26 bits per heavy atom. The molecular weight excluding hydrogens is 315 g/mol. The highest BCUT2D eigenvalue weighted by molar-refractivity contribution is 6.04. The summed E-state index contributed by atoms with van der Waals surface area (Å²) >= 11 is 0. The molecule has 0 bridgehead atoms. The zero-order valence-electron chi connectivity index (χ0n) is 11.7. The fourth-order valence-corrected chi connectivity index (χ4v) is 1.85. The van der Waals surface area contributed by atoms with E-state index < -0.39 is 23.6 Å². The van der Waals surface area contributed by atoms with Crippen molar-refractivity contribution in [3.8, 4) is 0 Å². The lowest BCUT2D eigenvalue weighted by atomic mass is 10.1. The smallest absolute Gasteiger partial charge is 0.418 e. The van der Waals surface area contributed by atoms with Crippen molar-refractivity contribution in [2.24, 2.45) is 0 Å². The number of carbonyl (C=O) groups is 2. The van der Waals surface area contributed by atoms with Crippen molar-refractivity contribution in [1.29, 1.82) is 0 Å². The van der Waals surface area contributed by atoms with E-state index in [0.29, 0.717) is 0 Å². The number of rotatable bonds is 5. The Kier molecular flexibility index (Phi) is 4.68. The molecule has 122 valence electrons. The topological polar surface area (TPSA) is 84.2 Å². The maximum atomic E-state index is 12.9. The van der Waals surface area contributed by atoms with Crippen LogP contribution >= 0.6 is 0 Å². The van der Waals surface area contributed by atoms with Gasteiger partial charge in [-0.2, -0.15) is 18.3 Å². The van der Waals surface area contributed by atoms with Crippen molar-refractivity contribution >= 4 is 17.6 Å². The van der Waals surface area contributed by atoms with Gasteiger partial charge in [-0.15, -0.1) is 0 Å². The molecule has 0 unspecified atom stereocenters. The van der Waals surface area contributed by atoms with Gasteiger partial charge in [-0.25, -0.2) is 0 Å². The van der Waals surface area contributed by atoms with Crippen LogP contribution in [0.15, 0.2) is 36.7 Å². The van der Waals surface area contributed by atoms with Gasteiger partial charge < -0.3 is 10.4 Å². The standard InChI is InChI=1S/C14H12F3N3O3/c15-14(16,17)10-3-1-2-4-11(10)19-13(23)9-7-18-20(8-9)6-5-12(21)22/h1-4,7-8H,5-6H2,(H,19,23)(H,21,22). The molecule has 0 aliphatic rings. The third-order valence-electron chi connectivity index (χ3n) is 2.93. The lowest BCUT2D eigenvalue weighted by Crippen LogP contribution is -2.16. The second-order valence-corrected chi connectivity index (χ2v) is 4.63. The molecule has 0 atom stereocenters. The summed E-state index contributed by atoms with van der Waals surface area (Å²) in [5.74, 6) is -1.78. The zero-order chi connectivity index (χ0) is 17.0. The van der Waals surface area contributed by atoms with Gasteiger partial charge in [0.1, 0.15) is 0 Å². The number of halogens is 3. The zero-order valence-corrected chi connectivity index (χ0v) is 11.7. The van der Waals surface area contributed by atoms with Crippen LogP contribution in [0.5, 0.6) is 0 Å². The Bertz CT molecular complexity index is 725. The summed E-state index contributed by atoms with van der Waals surface area (Å²) in [4.78, 5) is 22.5. The molecule has 1 aromatic heterocycles. The van der Waals surface area contributed by atoms with Crippen molar-refractivity contribution in [2.45, 2.75) is 19.1 Å². The predicted octanol–water partition coefficient (Wildman–Crippen LogP) is 2.63. The van der Waals surface area contributed by atoms with Crippen LogP contribution in [-0.4, -0.2) is 26.8 Å². The number of aryl methyl sites for hydroxylation is 1. The molecule has 2 rings (SSSR count). The molecule has 0 aliphatic heterocycles. The quantitative estimate of drug-likeness (QED) is 0.884. The van der Waals surface area contributed by atoms with E-state index in [9.17, 15) is 22.8 Å². The lowest BCUT2D eigenvalue weighted by molar-refractivity contribution is -0.138. The third kappa shape index (κ3) is 4.31. The third-order valence-corrected chi connectivity index (χ3v) is 2.93. The maximum absolute atomic E-state index is 12.9. The molecule has 0 spiro atoms. The molecule has 0 radical (unpaired) electrons. The van der Waals surface area contributed by atoms with Gasteiger partial charge >= 0.3 is 12.1 Å². The molecule has 9 heteroatoms. The van der Waals surface area contributed by atoms with Crippen molar-refractivity contribution < 1.29 is 27.9 Å². The SMILES string of the molecule is O=C(O)CCn1cc(C(=O)Nc2ccccc2C(F)(F)F)cn1. The minimum absolute atomic E-state index is 0.0346. The fraction of sp³-hybridized carbons (Fsp3) is 0.214. The Labute approximate surface area is 128 Å². The van der Waals surface area contributed by atoms with Crippen molar-refractivity contribution in [2.75, 3.05) is 5.32 Å². The molecule has 1 heterocycles. The Morgan fingerprint density at radius 3 is 2.61 bits per heavy atom. The summed E-state index contributed by atoms with van der Waals surface area (Å²) in [6, 6.07) is 4.62. The summed E-state index contributed by atoms with van der Waals surface area (Å²) in [6.45, 7) is 0.0573. The lowest BCUT2D eigenvalue weighted by Gasteiger charge is -2.12. The number of alkyl halides is 3. The summed E-state index contributed by atoms with van der Waals surface area (Å²) in [6.07, 6.45) is -2.34. The number of aliphatic carboxylic acids is 1. The molecule has 2 N–H and O–H groups in total. The summed E-state index contributed by atoms with van der Waals surface area (Å²) in [7, 11) is 0. The van der Waals surface area contributed by atoms with Crippen LogP contribution in [0.2, 0.25) is 0 Å². The maximum Gasteiger partial charge on any atom is 0.418 e. The van der Waals surface area contributed by atoms with E-state index in [1.165, 1.54) is 23.0 Å². The minimum atomic E-state index is -4.59. The van der Waals surface area contributed by atoms with Crippen LogP contribution < -0.4 is 5.32 Å². The molecular formula is C14H12F3N3O3. The van der Waals surface area contributed by atoms with E-state index in [4.69, 9.17) is 5.11 Å². The molecule has 0 aliphatic carbocycles. The monoisotopic (exact) mass is 327 g/mol. The minimum Gasteiger partial charge on any atom is -0.481 e. The number of hydrogen-bond donors (Lipinski definition) is 2. The number of carboxylic acids is 1. The van der Waals surface area contributed by atoms with Crippen LogP contribution in [0, 0.1) is 0 Å². The van der Waals surface area contributed by atoms with E-state index in [1.54, 1.807) is 0 Å². The van der Waals surface area contributed by atoms with Crippen molar-refractivity contribution in [3.05, 3.63) is 47.8 Å². The molecule has 23 heavy (non-hydrogen) atoms. The van der Waals surface area contributed by atoms with Crippen LogP contribution in [0.3, 0.4) is 0 Å². The number of carbonyl (C=O) groups excluding carboxylic acids is 1. The van der Waals surface area contributed by atoms with Gasteiger partial charge in [0.2, 0.25) is 0 Å². The summed E-state index contributed by atoms with van der Waals surface area (Å²) < 4.78 is 39.8. The Balaban J connectivity index is 2.13. The highest BCUT2D eigenvalue weighted by Crippen LogP contribution is 2.34. The van der Waals surface area contributed by atoms with E-state index in [-0.39, 0.29) is 24.2 Å².